The molecule has 2 N–H and O–H groups in total. The highest BCUT2D eigenvalue weighted by molar-refractivity contribution is 4.92. The van der Waals surface area contributed by atoms with E-state index in [9.17, 15) is 13.9 Å². The summed E-state index contributed by atoms with van der Waals surface area (Å²) in [6.07, 6.45) is 3.24. The third-order valence-electron chi connectivity index (χ3n) is 2.60. The first kappa shape index (κ1) is 15.0. The van der Waals surface area contributed by atoms with Gasteiger partial charge in [-0.1, -0.05) is 13.8 Å². The molecule has 0 saturated heterocycles. The van der Waals surface area contributed by atoms with Crippen LogP contribution in [0.3, 0.4) is 0 Å². The van der Waals surface area contributed by atoms with Crippen LogP contribution in [-0.4, -0.2) is 26.8 Å². The number of nitrogens with one attached hydrogen (secondary N) is 1. The lowest BCUT2D eigenvalue weighted by molar-refractivity contribution is 0.0372. The number of imidazole rings is 1. The van der Waals surface area contributed by atoms with Crippen LogP contribution < -0.4 is 5.32 Å². The van der Waals surface area contributed by atoms with Crippen LogP contribution in [0.2, 0.25) is 0 Å². The third-order valence-corrected chi connectivity index (χ3v) is 2.60. The Kier molecular flexibility index (Phi) is 5.22. The SMILES string of the molecule is CC(C)CC(C)(O)CNCc1nccn1C(F)F. The molecule has 0 fully saturated rings. The summed E-state index contributed by atoms with van der Waals surface area (Å²) < 4.78 is 25.9. The molecule has 1 unspecified atom stereocenters. The van der Waals surface area contributed by atoms with Crippen molar-refractivity contribution in [3.63, 3.8) is 0 Å². The number of aliphatic hydroxyl groups is 1. The Morgan fingerprint density at radius 1 is 1.50 bits per heavy atom. The van der Waals surface area contributed by atoms with Crippen LogP contribution in [-0.2, 0) is 6.54 Å². The van der Waals surface area contributed by atoms with Gasteiger partial charge < -0.3 is 10.4 Å². The minimum atomic E-state index is -2.58. The Labute approximate surface area is 106 Å². The summed E-state index contributed by atoms with van der Waals surface area (Å²) in [5.74, 6) is 0.648. The predicted molar refractivity (Wildman–Crippen MR) is 65.3 cm³/mol. The van der Waals surface area contributed by atoms with Gasteiger partial charge in [-0.3, -0.25) is 4.57 Å². The fraction of sp³-hybridized carbons (Fsp3) is 0.750. The number of hydrogen-bond acceptors (Lipinski definition) is 3. The zero-order valence-corrected chi connectivity index (χ0v) is 11.0. The van der Waals surface area contributed by atoms with E-state index in [0.717, 1.165) is 4.57 Å². The topological polar surface area (TPSA) is 50.1 Å². The van der Waals surface area contributed by atoms with E-state index >= 15 is 0 Å². The summed E-state index contributed by atoms with van der Waals surface area (Å²) in [6.45, 7) is 3.77. The van der Waals surface area contributed by atoms with Gasteiger partial charge in [0.15, 0.2) is 0 Å². The van der Waals surface area contributed by atoms with Crippen molar-refractivity contribution in [1.29, 1.82) is 0 Å². The predicted octanol–water partition coefficient (Wildman–Crippen LogP) is 2.16. The van der Waals surface area contributed by atoms with E-state index in [4.69, 9.17) is 0 Å². The number of nitrogens with zero attached hydrogens (tertiary/aromatic N) is 2. The standard InChI is InChI=1S/C12H21F2N3O/c1-9(2)6-12(3,18)8-15-7-10-16-4-5-17(10)11(13)14/h4-5,9,11,15,18H,6-8H2,1-3H3. The lowest BCUT2D eigenvalue weighted by atomic mass is 9.94. The largest absolute Gasteiger partial charge is 0.389 e. The summed E-state index contributed by atoms with van der Waals surface area (Å²) in [5, 5.41) is 13.0. The molecule has 1 aromatic rings. The Morgan fingerprint density at radius 3 is 2.72 bits per heavy atom. The molecule has 1 atom stereocenters. The molecule has 0 saturated carbocycles. The number of hydrogen-bond donors (Lipinski definition) is 2. The molecule has 0 aromatic carbocycles. The summed E-state index contributed by atoms with van der Waals surface area (Å²) in [5.41, 5.74) is -0.837. The Bertz CT molecular complexity index is 364. The maximum absolute atomic E-state index is 12.5. The van der Waals surface area contributed by atoms with Crippen LogP contribution >= 0.6 is 0 Å². The normalized spacial score (nSPS) is 15.3. The van der Waals surface area contributed by atoms with Crippen molar-refractivity contribution in [2.75, 3.05) is 6.54 Å². The zero-order chi connectivity index (χ0) is 13.8. The highest BCUT2D eigenvalue weighted by atomic mass is 19.3. The van der Waals surface area contributed by atoms with Gasteiger partial charge >= 0.3 is 6.55 Å². The van der Waals surface area contributed by atoms with Gasteiger partial charge in [-0.2, -0.15) is 8.78 Å². The lowest BCUT2D eigenvalue weighted by Gasteiger charge is -2.25. The molecule has 1 rings (SSSR count). The van der Waals surface area contributed by atoms with Gasteiger partial charge in [0.05, 0.1) is 12.1 Å². The van der Waals surface area contributed by atoms with Crippen molar-refractivity contribution in [2.24, 2.45) is 5.92 Å². The van der Waals surface area contributed by atoms with E-state index in [0.29, 0.717) is 18.9 Å². The summed E-state index contributed by atoms with van der Waals surface area (Å²) >= 11 is 0. The van der Waals surface area contributed by atoms with Crippen molar-refractivity contribution in [2.45, 2.75) is 45.9 Å². The van der Waals surface area contributed by atoms with Crippen LogP contribution in [0.25, 0.3) is 0 Å². The molecule has 104 valence electrons. The number of halogens is 2. The second-order valence-corrected chi connectivity index (χ2v) is 5.23. The first-order valence-electron chi connectivity index (χ1n) is 6.05. The molecule has 0 bridgehead atoms. The Balaban J connectivity index is 2.44. The van der Waals surface area contributed by atoms with Crippen LogP contribution in [0, 0.1) is 5.92 Å². The van der Waals surface area contributed by atoms with E-state index in [-0.39, 0.29) is 12.4 Å². The lowest BCUT2D eigenvalue weighted by Crippen LogP contribution is -2.39. The first-order chi connectivity index (χ1) is 8.32. The molecule has 0 aliphatic heterocycles. The van der Waals surface area contributed by atoms with Crippen LogP contribution in [0.4, 0.5) is 8.78 Å². The molecule has 0 amide bonds. The molecule has 1 aromatic heterocycles. The number of rotatable bonds is 7. The Hall–Kier alpha value is -1.01. The first-order valence-corrected chi connectivity index (χ1v) is 6.05. The van der Waals surface area contributed by atoms with Crippen molar-refractivity contribution in [3.8, 4) is 0 Å². The van der Waals surface area contributed by atoms with Crippen LogP contribution in [0.15, 0.2) is 12.4 Å². The van der Waals surface area contributed by atoms with Crippen molar-refractivity contribution in [1.82, 2.24) is 14.9 Å². The van der Waals surface area contributed by atoms with Gasteiger partial charge in [0.25, 0.3) is 0 Å². The third kappa shape index (κ3) is 4.70. The highest BCUT2D eigenvalue weighted by Crippen LogP contribution is 2.16. The molecule has 18 heavy (non-hydrogen) atoms. The van der Waals surface area contributed by atoms with Gasteiger partial charge in [0.2, 0.25) is 0 Å². The molecule has 0 radical (unpaired) electrons. The van der Waals surface area contributed by atoms with Crippen molar-refractivity contribution in [3.05, 3.63) is 18.2 Å². The van der Waals surface area contributed by atoms with Gasteiger partial charge in [-0.15, -0.1) is 0 Å². The van der Waals surface area contributed by atoms with E-state index < -0.39 is 12.2 Å². The van der Waals surface area contributed by atoms with E-state index in [1.54, 1.807) is 6.92 Å². The quantitative estimate of drug-likeness (QED) is 0.791. The van der Waals surface area contributed by atoms with E-state index in [1.807, 2.05) is 13.8 Å². The molecular weight excluding hydrogens is 240 g/mol. The average Bonchev–Trinajstić information content (AvgIpc) is 2.63. The van der Waals surface area contributed by atoms with Gasteiger partial charge in [-0.05, 0) is 19.3 Å². The summed E-state index contributed by atoms with van der Waals surface area (Å²) in [7, 11) is 0. The molecule has 0 aliphatic rings. The van der Waals surface area contributed by atoms with Crippen molar-refractivity contribution >= 4 is 0 Å². The summed E-state index contributed by atoms with van der Waals surface area (Å²) in [6, 6.07) is 0. The molecule has 1 heterocycles. The Morgan fingerprint density at radius 2 is 2.17 bits per heavy atom. The maximum atomic E-state index is 12.5. The number of aromatic nitrogens is 2. The molecule has 4 nitrogen and oxygen atoms in total. The zero-order valence-electron chi connectivity index (χ0n) is 11.0. The second kappa shape index (κ2) is 6.24. The minimum absolute atomic E-state index is 0.214. The maximum Gasteiger partial charge on any atom is 0.319 e. The minimum Gasteiger partial charge on any atom is -0.389 e. The van der Waals surface area contributed by atoms with Crippen molar-refractivity contribution < 1.29 is 13.9 Å². The fourth-order valence-electron chi connectivity index (χ4n) is 2.05. The number of alkyl halides is 2. The molecule has 0 aliphatic carbocycles. The van der Waals surface area contributed by atoms with Crippen LogP contribution in [0.1, 0.15) is 39.6 Å². The molecule has 6 heteroatoms. The van der Waals surface area contributed by atoms with E-state index in [2.05, 4.69) is 10.3 Å². The average molecular weight is 261 g/mol. The molecule has 0 spiro atoms. The monoisotopic (exact) mass is 261 g/mol. The highest BCUT2D eigenvalue weighted by Gasteiger charge is 2.21. The summed E-state index contributed by atoms with van der Waals surface area (Å²) in [4.78, 5) is 3.86. The van der Waals surface area contributed by atoms with Crippen LogP contribution in [0.5, 0.6) is 0 Å². The smallest absolute Gasteiger partial charge is 0.319 e. The fourth-order valence-corrected chi connectivity index (χ4v) is 2.05. The second-order valence-electron chi connectivity index (χ2n) is 5.23. The van der Waals surface area contributed by atoms with Gasteiger partial charge in [0.1, 0.15) is 5.82 Å². The molecular formula is C12H21F2N3O. The van der Waals surface area contributed by atoms with Gasteiger partial charge in [-0.25, -0.2) is 4.98 Å². The van der Waals surface area contributed by atoms with E-state index in [1.165, 1.54) is 12.4 Å². The van der Waals surface area contributed by atoms with Gasteiger partial charge in [0, 0.05) is 18.9 Å².